The largest absolute Gasteiger partial charge is 0.365 e. The minimum atomic E-state index is -0.597. The van der Waals surface area contributed by atoms with Crippen LogP contribution >= 0.6 is 0 Å². The predicted molar refractivity (Wildman–Crippen MR) is 118 cm³/mol. The highest BCUT2D eigenvalue weighted by molar-refractivity contribution is 6.07. The topological polar surface area (TPSA) is 136 Å². The third-order valence-electron chi connectivity index (χ3n) is 5.53. The van der Waals surface area contributed by atoms with Gasteiger partial charge in [0.2, 0.25) is 5.91 Å². The Morgan fingerprint density at radius 3 is 2.59 bits per heavy atom. The number of benzene rings is 1. The molecule has 4 aromatic rings. The van der Waals surface area contributed by atoms with Crippen LogP contribution in [0.25, 0.3) is 16.6 Å². The molecule has 0 atom stereocenters. The summed E-state index contributed by atoms with van der Waals surface area (Å²) in [6.07, 6.45) is 3.64. The molecule has 4 N–H and O–H groups in total. The van der Waals surface area contributed by atoms with Crippen molar-refractivity contribution in [3.8, 4) is 0 Å². The number of aromatic nitrogens is 4. The fourth-order valence-electron chi connectivity index (χ4n) is 3.86. The minimum absolute atomic E-state index is 0.134. The molecule has 32 heavy (non-hydrogen) atoms. The van der Waals surface area contributed by atoms with Gasteiger partial charge in [0.05, 0.1) is 11.8 Å². The average molecular weight is 433 g/mol. The summed E-state index contributed by atoms with van der Waals surface area (Å²) in [5.41, 5.74) is 14.7. The van der Waals surface area contributed by atoms with E-state index in [-0.39, 0.29) is 23.8 Å². The summed E-state index contributed by atoms with van der Waals surface area (Å²) in [6, 6.07) is 7.55. The zero-order valence-electron chi connectivity index (χ0n) is 18.0. The number of nitrogens with two attached hydrogens (primary N) is 1. The molecule has 0 unspecified atom stereocenters. The molecule has 0 radical (unpaired) electrons. The van der Waals surface area contributed by atoms with Crippen molar-refractivity contribution < 1.29 is 14.4 Å². The van der Waals surface area contributed by atoms with E-state index >= 15 is 0 Å². The number of nitrogens with zero attached hydrogens (tertiary/aromatic N) is 4. The highest BCUT2D eigenvalue weighted by Gasteiger charge is 2.18. The first-order valence-electron chi connectivity index (χ1n) is 10.0. The number of amides is 3. The van der Waals surface area contributed by atoms with Crippen molar-refractivity contribution in [2.45, 2.75) is 26.7 Å². The zero-order valence-corrected chi connectivity index (χ0v) is 18.0. The summed E-state index contributed by atoms with van der Waals surface area (Å²) in [6.45, 7) is 3.65. The van der Waals surface area contributed by atoms with Gasteiger partial charge in [-0.1, -0.05) is 18.2 Å². The number of hydrazine groups is 1. The molecule has 0 aliphatic rings. The molecule has 0 aliphatic heterocycles. The number of carbonyl (C=O) groups excluding carboxylic acids is 3. The lowest BCUT2D eigenvalue weighted by Gasteiger charge is -2.12. The number of carbonyl (C=O) groups is 3. The van der Waals surface area contributed by atoms with E-state index in [0.29, 0.717) is 23.3 Å². The molecule has 3 aromatic heterocycles. The Kier molecular flexibility index (Phi) is 5.35. The summed E-state index contributed by atoms with van der Waals surface area (Å²) in [5, 5.41) is 4.99. The van der Waals surface area contributed by atoms with E-state index in [1.165, 1.54) is 6.20 Å². The molecule has 1 aromatic carbocycles. The van der Waals surface area contributed by atoms with Crippen LogP contribution in [0.1, 0.15) is 44.1 Å². The minimum Gasteiger partial charge on any atom is -0.365 e. The van der Waals surface area contributed by atoms with Gasteiger partial charge >= 0.3 is 0 Å². The Labute approximate surface area is 183 Å². The molecular formula is C22H23N7O3. The fraction of sp³-hybridized carbons (Fsp3) is 0.227. The predicted octanol–water partition coefficient (Wildman–Crippen LogP) is 1.33. The van der Waals surface area contributed by atoms with E-state index in [2.05, 4.69) is 20.9 Å². The van der Waals surface area contributed by atoms with Crippen LogP contribution in [0.2, 0.25) is 0 Å². The quantitative estimate of drug-likeness (QED) is 0.408. The van der Waals surface area contributed by atoms with E-state index in [1.807, 2.05) is 42.8 Å². The lowest BCUT2D eigenvalue weighted by molar-refractivity contribution is -0.121. The smallest absolute Gasteiger partial charge is 0.271 e. The zero-order chi connectivity index (χ0) is 23.0. The van der Waals surface area contributed by atoms with E-state index in [9.17, 15) is 14.4 Å². The van der Waals surface area contributed by atoms with Gasteiger partial charge in [0, 0.05) is 42.0 Å². The van der Waals surface area contributed by atoms with E-state index in [0.717, 1.165) is 22.2 Å². The number of rotatable bonds is 5. The van der Waals surface area contributed by atoms with Gasteiger partial charge in [0.1, 0.15) is 5.56 Å². The summed E-state index contributed by atoms with van der Waals surface area (Å²) >= 11 is 0. The van der Waals surface area contributed by atoms with Gasteiger partial charge in [-0.2, -0.15) is 5.10 Å². The fourth-order valence-corrected chi connectivity index (χ4v) is 3.86. The standard InChI is InChI=1S/C22H23N7O3/c1-12-14(13(2)29-21(25-12)16(10-24-29)20(23)31)8-9-19(30)26-27-22(32)17-11-28(3)18-7-5-4-6-15(17)18/h4-7,10-11H,8-9H2,1-3H3,(H2,23,31)(H,26,30)(H,27,32). The van der Waals surface area contributed by atoms with E-state index in [1.54, 1.807) is 17.6 Å². The van der Waals surface area contributed by atoms with Gasteiger partial charge in [-0.05, 0) is 31.9 Å². The Balaban J connectivity index is 1.42. The number of aryl methyl sites for hydroxylation is 3. The van der Waals surface area contributed by atoms with Crippen LogP contribution < -0.4 is 16.6 Å². The van der Waals surface area contributed by atoms with Gasteiger partial charge in [-0.25, -0.2) is 9.50 Å². The first kappa shape index (κ1) is 21.0. The van der Waals surface area contributed by atoms with Crippen molar-refractivity contribution in [2.75, 3.05) is 0 Å². The molecule has 0 spiro atoms. The van der Waals surface area contributed by atoms with Crippen molar-refractivity contribution in [3.63, 3.8) is 0 Å². The molecule has 10 nitrogen and oxygen atoms in total. The number of para-hydroxylation sites is 1. The van der Waals surface area contributed by atoms with Crippen LogP contribution in [0.4, 0.5) is 0 Å². The van der Waals surface area contributed by atoms with Gasteiger partial charge in [-0.15, -0.1) is 0 Å². The maximum Gasteiger partial charge on any atom is 0.271 e. The SMILES string of the molecule is Cc1nc2c(C(N)=O)cnn2c(C)c1CCC(=O)NNC(=O)c1cn(C)c2ccccc12. The van der Waals surface area contributed by atoms with Crippen LogP contribution in [-0.2, 0) is 18.3 Å². The van der Waals surface area contributed by atoms with E-state index in [4.69, 9.17) is 5.73 Å². The van der Waals surface area contributed by atoms with Crippen LogP contribution in [0.5, 0.6) is 0 Å². The lowest BCUT2D eigenvalue weighted by atomic mass is 10.1. The summed E-state index contributed by atoms with van der Waals surface area (Å²) in [5.74, 6) is -1.32. The highest BCUT2D eigenvalue weighted by atomic mass is 16.2. The number of hydrogen-bond donors (Lipinski definition) is 3. The van der Waals surface area contributed by atoms with Crippen molar-refractivity contribution >= 4 is 34.3 Å². The molecule has 4 rings (SSSR count). The normalized spacial score (nSPS) is 11.1. The Bertz CT molecular complexity index is 1380. The molecule has 0 saturated carbocycles. The number of nitrogens with one attached hydrogen (secondary N) is 2. The summed E-state index contributed by atoms with van der Waals surface area (Å²) < 4.78 is 3.41. The van der Waals surface area contributed by atoms with Gasteiger partial charge < -0.3 is 10.3 Å². The third kappa shape index (κ3) is 3.66. The van der Waals surface area contributed by atoms with Crippen LogP contribution in [-0.4, -0.2) is 36.9 Å². The molecule has 0 aliphatic carbocycles. The van der Waals surface area contributed by atoms with E-state index < -0.39 is 5.91 Å². The molecule has 0 saturated heterocycles. The first-order valence-corrected chi connectivity index (χ1v) is 10.0. The summed E-state index contributed by atoms with van der Waals surface area (Å²) in [7, 11) is 1.86. The lowest BCUT2D eigenvalue weighted by Crippen LogP contribution is -2.41. The van der Waals surface area contributed by atoms with Gasteiger partial charge in [0.15, 0.2) is 5.65 Å². The third-order valence-corrected chi connectivity index (χ3v) is 5.53. The van der Waals surface area contributed by atoms with Crippen LogP contribution in [0.3, 0.4) is 0 Å². The maximum absolute atomic E-state index is 12.6. The second-order valence-electron chi connectivity index (χ2n) is 7.59. The Hall–Kier alpha value is -4.21. The molecule has 3 heterocycles. The molecule has 3 amide bonds. The molecular weight excluding hydrogens is 410 g/mol. The van der Waals surface area contributed by atoms with Crippen molar-refractivity contribution in [1.29, 1.82) is 0 Å². The molecule has 10 heteroatoms. The van der Waals surface area contributed by atoms with Crippen LogP contribution in [0, 0.1) is 13.8 Å². The highest BCUT2D eigenvalue weighted by Crippen LogP contribution is 2.20. The monoisotopic (exact) mass is 433 g/mol. The number of hydrogen-bond acceptors (Lipinski definition) is 5. The summed E-state index contributed by atoms with van der Waals surface area (Å²) in [4.78, 5) is 40.9. The number of primary amides is 1. The van der Waals surface area contributed by atoms with Crippen molar-refractivity contribution in [3.05, 3.63) is 64.7 Å². The van der Waals surface area contributed by atoms with Gasteiger partial charge in [0.25, 0.3) is 11.8 Å². The van der Waals surface area contributed by atoms with Crippen molar-refractivity contribution in [2.24, 2.45) is 12.8 Å². The van der Waals surface area contributed by atoms with Crippen molar-refractivity contribution in [1.82, 2.24) is 30.0 Å². The first-order chi connectivity index (χ1) is 15.3. The van der Waals surface area contributed by atoms with Gasteiger partial charge in [-0.3, -0.25) is 25.2 Å². The second-order valence-corrected chi connectivity index (χ2v) is 7.59. The Morgan fingerprint density at radius 2 is 1.84 bits per heavy atom. The second kappa shape index (κ2) is 8.14. The maximum atomic E-state index is 12.6. The molecule has 164 valence electrons. The van der Waals surface area contributed by atoms with Crippen LogP contribution in [0.15, 0.2) is 36.7 Å². The average Bonchev–Trinajstić information content (AvgIpc) is 3.33. The molecule has 0 fully saturated rings. The Morgan fingerprint density at radius 1 is 1.09 bits per heavy atom. The molecule has 0 bridgehead atoms. The number of fused-ring (bicyclic) bond motifs is 2.